The van der Waals surface area contributed by atoms with Crippen LogP contribution in [-0.4, -0.2) is 43.2 Å². The third-order valence-corrected chi connectivity index (χ3v) is 8.14. The Morgan fingerprint density at radius 3 is 0.952 bits per heavy atom. The van der Waals surface area contributed by atoms with Gasteiger partial charge in [-0.05, 0) is 6.92 Å². The largest absolute Gasteiger partial charge is 0.392 e. The van der Waals surface area contributed by atoms with E-state index in [1.165, 1.54) is 6.92 Å². The first-order valence-electron chi connectivity index (χ1n) is 6.23. The summed E-state index contributed by atoms with van der Waals surface area (Å²) in [5, 5.41) is 0. The Hall–Kier alpha value is -0.200. The normalized spacial score (nSPS) is 14.6. The summed E-state index contributed by atoms with van der Waals surface area (Å²) >= 11 is 0. The van der Waals surface area contributed by atoms with Crippen LogP contribution in [0, 0.1) is 0 Å². The van der Waals surface area contributed by atoms with Gasteiger partial charge in [-0.15, -0.1) is 0 Å². The van der Waals surface area contributed by atoms with Crippen LogP contribution in [0.2, 0.25) is 0 Å². The number of hydrogen-bond acceptors (Lipinski definition) is 0. The van der Waals surface area contributed by atoms with Gasteiger partial charge in [0.1, 0.15) is 0 Å². The molecular formula is C11H17F9P+. The van der Waals surface area contributed by atoms with E-state index in [0.29, 0.717) is 0 Å². The summed E-state index contributed by atoms with van der Waals surface area (Å²) < 4.78 is 110. The Morgan fingerprint density at radius 2 is 0.810 bits per heavy atom. The molecule has 0 aromatic rings. The zero-order valence-corrected chi connectivity index (χ0v) is 12.2. The maximum atomic E-state index is 12.2. The van der Waals surface area contributed by atoms with Gasteiger partial charge in [0.05, 0.1) is 43.9 Å². The molecule has 0 saturated heterocycles. The standard InChI is InChI=1S/C11H17F9P/c1-2-21(6-3-9(12,13)14,7-4-10(15,16)17)8-5-11(18,19)20/h2-8H2,1H3/q+1. The van der Waals surface area contributed by atoms with E-state index in [9.17, 15) is 39.5 Å². The summed E-state index contributed by atoms with van der Waals surface area (Å²) in [5.74, 6) is 0. The summed E-state index contributed by atoms with van der Waals surface area (Å²) in [6.07, 6.45) is -19.6. The molecule has 128 valence electrons. The molecule has 10 heteroatoms. The minimum Gasteiger partial charge on any atom is -0.171 e. The molecule has 0 spiro atoms. The Labute approximate surface area is 117 Å². The van der Waals surface area contributed by atoms with Crippen molar-refractivity contribution in [1.82, 2.24) is 0 Å². The van der Waals surface area contributed by atoms with E-state index < -0.39 is 63.5 Å². The maximum Gasteiger partial charge on any atom is 0.392 e. The van der Waals surface area contributed by atoms with Gasteiger partial charge in [0, 0.05) is 7.26 Å². The van der Waals surface area contributed by atoms with E-state index in [-0.39, 0.29) is 6.16 Å². The molecule has 0 unspecified atom stereocenters. The van der Waals surface area contributed by atoms with Gasteiger partial charge in [-0.2, -0.15) is 39.5 Å². The van der Waals surface area contributed by atoms with Crippen molar-refractivity contribution in [1.29, 1.82) is 0 Å². The van der Waals surface area contributed by atoms with Crippen molar-refractivity contribution in [2.45, 2.75) is 44.7 Å². The molecule has 0 aromatic heterocycles. The van der Waals surface area contributed by atoms with Crippen LogP contribution < -0.4 is 0 Å². The fourth-order valence-electron chi connectivity index (χ4n) is 1.90. The molecule has 0 rings (SSSR count). The fraction of sp³-hybridized carbons (Fsp3) is 1.00. The smallest absolute Gasteiger partial charge is 0.171 e. The molecule has 0 aliphatic carbocycles. The second-order valence-corrected chi connectivity index (χ2v) is 9.58. The Balaban J connectivity index is 4.91. The summed E-state index contributed by atoms with van der Waals surface area (Å²) in [7, 11) is -2.93. The zero-order valence-electron chi connectivity index (χ0n) is 11.3. The molecule has 0 saturated carbocycles. The average Bonchev–Trinajstić information content (AvgIpc) is 2.25. The molecule has 0 atom stereocenters. The number of hydrogen-bond donors (Lipinski definition) is 0. The van der Waals surface area contributed by atoms with E-state index in [1.807, 2.05) is 0 Å². The molecule has 0 amide bonds. The van der Waals surface area contributed by atoms with Crippen LogP contribution in [-0.2, 0) is 0 Å². The van der Waals surface area contributed by atoms with Gasteiger partial charge in [-0.3, -0.25) is 0 Å². The van der Waals surface area contributed by atoms with Gasteiger partial charge in [0.2, 0.25) is 0 Å². The van der Waals surface area contributed by atoms with Crippen molar-refractivity contribution in [2.24, 2.45) is 0 Å². The highest BCUT2D eigenvalue weighted by Crippen LogP contribution is 2.62. The van der Waals surface area contributed by atoms with Crippen LogP contribution in [0.15, 0.2) is 0 Å². The first kappa shape index (κ1) is 20.8. The molecular weight excluding hydrogens is 334 g/mol. The van der Waals surface area contributed by atoms with Gasteiger partial charge in [0.15, 0.2) is 0 Å². The first-order chi connectivity index (χ1) is 9.18. The van der Waals surface area contributed by atoms with Gasteiger partial charge < -0.3 is 0 Å². The van der Waals surface area contributed by atoms with E-state index in [2.05, 4.69) is 0 Å². The quantitative estimate of drug-likeness (QED) is 0.397. The second kappa shape index (κ2) is 7.38. The highest BCUT2D eigenvalue weighted by atomic mass is 31.2. The number of alkyl halides is 9. The number of halogens is 9. The van der Waals surface area contributed by atoms with Crippen molar-refractivity contribution in [3.8, 4) is 0 Å². The third-order valence-electron chi connectivity index (χ3n) is 3.28. The van der Waals surface area contributed by atoms with E-state index >= 15 is 0 Å². The monoisotopic (exact) mass is 351 g/mol. The summed E-state index contributed by atoms with van der Waals surface area (Å²) in [6.45, 7) is 1.37. The topological polar surface area (TPSA) is 0 Å². The molecule has 21 heavy (non-hydrogen) atoms. The number of rotatable bonds is 7. The summed E-state index contributed by atoms with van der Waals surface area (Å²) in [5.41, 5.74) is 0. The lowest BCUT2D eigenvalue weighted by Gasteiger charge is -2.28. The predicted molar refractivity (Wildman–Crippen MR) is 64.1 cm³/mol. The van der Waals surface area contributed by atoms with Crippen LogP contribution in [0.1, 0.15) is 26.2 Å². The molecule has 0 fully saturated rings. The van der Waals surface area contributed by atoms with Crippen LogP contribution in [0.5, 0.6) is 0 Å². The highest BCUT2D eigenvalue weighted by Gasteiger charge is 2.45. The molecule has 0 aromatic carbocycles. The molecule has 0 N–H and O–H groups in total. The van der Waals surface area contributed by atoms with E-state index in [1.54, 1.807) is 0 Å². The van der Waals surface area contributed by atoms with Gasteiger partial charge >= 0.3 is 18.5 Å². The lowest BCUT2D eigenvalue weighted by molar-refractivity contribution is -0.130. The molecule has 0 bridgehead atoms. The van der Waals surface area contributed by atoms with Crippen LogP contribution >= 0.6 is 7.26 Å². The Morgan fingerprint density at radius 1 is 0.571 bits per heavy atom. The first-order valence-corrected chi connectivity index (χ1v) is 8.76. The minimum absolute atomic E-state index is 0.0464. The lowest BCUT2D eigenvalue weighted by Crippen LogP contribution is -2.22. The maximum absolute atomic E-state index is 12.2. The van der Waals surface area contributed by atoms with Crippen molar-refractivity contribution in [2.75, 3.05) is 24.6 Å². The molecule has 0 heterocycles. The summed E-state index contributed by atoms with van der Waals surface area (Å²) in [4.78, 5) is 0. The fourth-order valence-corrected chi connectivity index (χ4v) is 5.70. The molecule has 0 aliphatic heterocycles. The Kier molecular flexibility index (Phi) is 7.31. The van der Waals surface area contributed by atoms with Crippen LogP contribution in [0.25, 0.3) is 0 Å². The minimum atomic E-state index is -4.57. The Bertz CT molecular complexity index is 257. The van der Waals surface area contributed by atoms with Crippen molar-refractivity contribution >= 4 is 7.26 Å². The van der Waals surface area contributed by atoms with Crippen molar-refractivity contribution < 1.29 is 39.5 Å². The van der Waals surface area contributed by atoms with E-state index in [4.69, 9.17) is 0 Å². The lowest BCUT2D eigenvalue weighted by atomic mass is 10.5. The van der Waals surface area contributed by atoms with Crippen molar-refractivity contribution in [3.05, 3.63) is 0 Å². The van der Waals surface area contributed by atoms with Gasteiger partial charge in [-0.25, -0.2) is 0 Å². The average molecular weight is 351 g/mol. The van der Waals surface area contributed by atoms with Crippen molar-refractivity contribution in [3.63, 3.8) is 0 Å². The third kappa shape index (κ3) is 11.1. The molecule has 0 radical (unpaired) electrons. The van der Waals surface area contributed by atoms with Gasteiger partial charge in [0.25, 0.3) is 0 Å². The second-order valence-electron chi connectivity index (χ2n) is 4.92. The van der Waals surface area contributed by atoms with Crippen LogP contribution in [0.4, 0.5) is 39.5 Å². The summed E-state index contributed by atoms with van der Waals surface area (Å²) in [6, 6.07) is 0. The predicted octanol–water partition coefficient (Wildman–Crippen LogP) is 5.88. The zero-order chi connectivity index (χ0) is 16.9. The van der Waals surface area contributed by atoms with Crippen LogP contribution in [0.3, 0.4) is 0 Å². The van der Waals surface area contributed by atoms with E-state index in [0.717, 1.165) is 0 Å². The highest BCUT2D eigenvalue weighted by molar-refractivity contribution is 7.75. The molecule has 0 aliphatic rings. The van der Waals surface area contributed by atoms with Gasteiger partial charge in [-0.1, -0.05) is 0 Å². The SMILES string of the molecule is CC[P+](CCC(F)(F)F)(CCC(F)(F)F)CCC(F)(F)F. The molecule has 0 nitrogen and oxygen atoms in total.